The van der Waals surface area contributed by atoms with Gasteiger partial charge in [0.2, 0.25) is 17.7 Å². The number of nitrogens with one attached hydrogen (secondary N) is 2. The Kier molecular flexibility index (Phi) is 4.46. The van der Waals surface area contributed by atoms with Gasteiger partial charge in [0.05, 0.1) is 12.5 Å². The highest BCUT2D eigenvalue weighted by atomic mass is 16.2. The Bertz CT molecular complexity index is 798. The maximum atomic E-state index is 12.1. The van der Waals surface area contributed by atoms with Gasteiger partial charge >= 0.3 is 0 Å². The van der Waals surface area contributed by atoms with Gasteiger partial charge in [-0.1, -0.05) is 36.4 Å². The van der Waals surface area contributed by atoms with Gasteiger partial charge in [-0.3, -0.25) is 14.4 Å². The van der Waals surface area contributed by atoms with Gasteiger partial charge in [-0.15, -0.1) is 0 Å². The van der Waals surface area contributed by atoms with Gasteiger partial charge < -0.3 is 15.5 Å². The van der Waals surface area contributed by atoms with Crippen LogP contribution in [-0.2, 0) is 14.4 Å². The fraction of sp³-hybridized carbons (Fsp3) is 0.278. The third kappa shape index (κ3) is 3.37. The van der Waals surface area contributed by atoms with Crippen LogP contribution in [0.2, 0.25) is 0 Å². The average molecular weight is 325 g/mol. The van der Waals surface area contributed by atoms with Crippen LogP contribution in [0.25, 0.3) is 10.8 Å². The van der Waals surface area contributed by atoms with Crippen molar-refractivity contribution in [3.63, 3.8) is 0 Å². The van der Waals surface area contributed by atoms with Crippen molar-refractivity contribution in [1.29, 1.82) is 0 Å². The molecule has 1 heterocycles. The van der Waals surface area contributed by atoms with E-state index in [0.717, 1.165) is 10.8 Å². The molecule has 1 fully saturated rings. The molecule has 0 aromatic heterocycles. The molecule has 24 heavy (non-hydrogen) atoms. The molecule has 6 nitrogen and oxygen atoms in total. The van der Waals surface area contributed by atoms with Gasteiger partial charge in [-0.05, 0) is 11.5 Å². The minimum Gasteiger partial charge on any atom is -0.347 e. The molecule has 0 saturated carbocycles. The molecule has 1 atom stereocenters. The molecule has 0 radical (unpaired) electrons. The SMILES string of the molecule is CN1CC(C(=O)NCC(=O)Nc2cccc3ccccc23)CC1=O. The van der Waals surface area contributed by atoms with E-state index in [9.17, 15) is 14.4 Å². The number of hydrogen-bond donors (Lipinski definition) is 2. The third-order valence-electron chi connectivity index (χ3n) is 4.20. The number of likely N-dealkylation sites (tertiary alicyclic amines) is 1. The standard InChI is InChI=1S/C18H19N3O3/c1-21-11-13(9-17(21)23)18(24)19-10-16(22)20-15-8-4-6-12-5-2-3-7-14(12)15/h2-8,13H,9-11H2,1H3,(H,19,24)(H,20,22). The van der Waals surface area contributed by atoms with Crippen LogP contribution >= 0.6 is 0 Å². The predicted molar refractivity (Wildman–Crippen MR) is 91.3 cm³/mol. The van der Waals surface area contributed by atoms with Gasteiger partial charge in [-0.25, -0.2) is 0 Å². The van der Waals surface area contributed by atoms with E-state index in [1.54, 1.807) is 7.05 Å². The summed E-state index contributed by atoms with van der Waals surface area (Å²) < 4.78 is 0. The molecule has 2 aromatic rings. The van der Waals surface area contributed by atoms with Gasteiger partial charge in [0.25, 0.3) is 0 Å². The zero-order chi connectivity index (χ0) is 17.1. The third-order valence-corrected chi connectivity index (χ3v) is 4.20. The summed E-state index contributed by atoms with van der Waals surface area (Å²) in [6.07, 6.45) is 0.202. The second kappa shape index (κ2) is 6.70. The second-order valence-electron chi connectivity index (χ2n) is 5.97. The number of hydrogen-bond acceptors (Lipinski definition) is 3. The summed E-state index contributed by atoms with van der Waals surface area (Å²) in [4.78, 5) is 37.1. The summed E-state index contributed by atoms with van der Waals surface area (Å²) in [6, 6.07) is 13.4. The second-order valence-corrected chi connectivity index (χ2v) is 5.97. The molecule has 3 amide bonds. The predicted octanol–water partition coefficient (Wildman–Crippen LogP) is 1.37. The molecule has 1 saturated heterocycles. The first-order chi connectivity index (χ1) is 11.5. The molecule has 0 aliphatic carbocycles. The number of benzene rings is 2. The highest BCUT2D eigenvalue weighted by Gasteiger charge is 2.32. The number of rotatable bonds is 4. The Morgan fingerprint density at radius 3 is 2.67 bits per heavy atom. The van der Waals surface area contributed by atoms with Gasteiger partial charge in [-0.2, -0.15) is 0 Å². The first-order valence-corrected chi connectivity index (χ1v) is 7.84. The number of anilines is 1. The Morgan fingerprint density at radius 2 is 1.92 bits per heavy atom. The normalized spacial score (nSPS) is 17.1. The highest BCUT2D eigenvalue weighted by molar-refractivity contribution is 6.03. The lowest BCUT2D eigenvalue weighted by atomic mass is 10.1. The maximum absolute atomic E-state index is 12.1. The molecule has 0 bridgehead atoms. The van der Waals surface area contributed by atoms with E-state index < -0.39 is 0 Å². The van der Waals surface area contributed by atoms with Crippen LogP contribution in [0.15, 0.2) is 42.5 Å². The van der Waals surface area contributed by atoms with E-state index in [-0.39, 0.29) is 36.6 Å². The molecular weight excluding hydrogens is 306 g/mol. The first-order valence-electron chi connectivity index (χ1n) is 7.84. The lowest BCUT2D eigenvalue weighted by Gasteiger charge is -2.12. The summed E-state index contributed by atoms with van der Waals surface area (Å²) >= 11 is 0. The van der Waals surface area contributed by atoms with E-state index in [2.05, 4.69) is 10.6 Å². The van der Waals surface area contributed by atoms with Crippen LogP contribution in [0, 0.1) is 5.92 Å². The van der Waals surface area contributed by atoms with Gasteiger partial charge in [0, 0.05) is 31.1 Å². The summed E-state index contributed by atoms with van der Waals surface area (Å²) in [7, 11) is 1.67. The Labute approximate surface area is 139 Å². The number of fused-ring (bicyclic) bond motifs is 1. The number of carbonyl (C=O) groups excluding carboxylic acids is 3. The molecule has 2 aromatic carbocycles. The molecular formula is C18H19N3O3. The molecule has 1 aliphatic heterocycles. The van der Waals surface area contributed by atoms with Crippen molar-refractivity contribution in [3.05, 3.63) is 42.5 Å². The largest absolute Gasteiger partial charge is 0.347 e. The minimum atomic E-state index is -0.382. The molecule has 0 spiro atoms. The van der Waals surface area contributed by atoms with E-state index in [1.165, 1.54) is 4.90 Å². The van der Waals surface area contributed by atoms with Crippen molar-refractivity contribution in [2.75, 3.05) is 25.5 Å². The summed E-state index contributed by atoms with van der Waals surface area (Å²) in [5.41, 5.74) is 0.711. The van der Waals surface area contributed by atoms with Crippen molar-refractivity contribution in [2.24, 2.45) is 5.92 Å². The van der Waals surface area contributed by atoms with Crippen LogP contribution < -0.4 is 10.6 Å². The Balaban J connectivity index is 1.58. The molecule has 6 heteroatoms. The van der Waals surface area contributed by atoms with Gasteiger partial charge in [0.1, 0.15) is 0 Å². The fourth-order valence-corrected chi connectivity index (χ4v) is 2.88. The summed E-state index contributed by atoms with van der Waals surface area (Å²) in [5.74, 6) is -0.985. The summed E-state index contributed by atoms with van der Waals surface area (Å²) in [5, 5.41) is 7.40. The van der Waals surface area contributed by atoms with Crippen molar-refractivity contribution < 1.29 is 14.4 Å². The van der Waals surface area contributed by atoms with E-state index in [1.807, 2.05) is 42.5 Å². The topological polar surface area (TPSA) is 78.5 Å². The molecule has 2 N–H and O–H groups in total. The van der Waals surface area contributed by atoms with Crippen LogP contribution in [0.5, 0.6) is 0 Å². The fourth-order valence-electron chi connectivity index (χ4n) is 2.88. The van der Waals surface area contributed by atoms with Crippen molar-refractivity contribution in [3.8, 4) is 0 Å². The van der Waals surface area contributed by atoms with E-state index in [4.69, 9.17) is 0 Å². The maximum Gasteiger partial charge on any atom is 0.243 e. The lowest BCUT2D eigenvalue weighted by molar-refractivity contribution is -0.128. The highest BCUT2D eigenvalue weighted by Crippen LogP contribution is 2.22. The Morgan fingerprint density at radius 1 is 1.17 bits per heavy atom. The van der Waals surface area contributed by atoms with Crippen LogP contribution in [-0.4, -0.2) is 42.8 Å². The molecule has 124 valence electrons. The molecule has 1 aliphatic rings. The zero-order valence-electron chi connectivity index (χ0n) is 13.4. The smallest absolute Gasteiger partial charge is 0.243 e. The van der Waals surface area contributed by atoms with Crippen molar-refractivity contribution in [2.45, 2.75) is 6.42 Å². The number of carbonyl (C=O) groups is 3. The van der Waals surface area contributed by atoms with Crippen molar-refractivity contribution >= 4 is 34.2 Å². The van der Waals surface area contributed by atoms with E-state index >= 15 is 0 Å². The summed E-state index contributed by atoms with van der Waals surface area (Å²) in [6.45, 7) is 0.284. The average Bonchev–Trinajstić information content (AvgIpc) is 2.92. The number of nitrogens with zero attached hydrogens (tertiary/aromatic N) is 1. The minimum absolute atomic E-state index is 0.0460. The number of amides is 3. The lowest BCUT2D eigenvalue weighted by Crippen LogP contribution is -2.37. The first kappa shape index (κ1) is 16.0. The van der Waals surface area contributed by atoms with Crippen LogP contribution in [0.1, 0.15) is 6.42 Å². The monoisotopic (exact) mass is 325 g/mol. The zero-order valence-corrected chi connectivity index (χ0v) is 13.4. The molecule has 1 unspecified atom stereocenters. The van der Waals surface area contributed by atoms with Crippen LogP contribution in [0.3, 0.4) is 0 Å². The molecule has 3 rings (SSSR count). The quantitative estimate of drug-likeness (QED) is 0.891. The van der Waals surface area contributed by atoms with Gasteiger partial charge in [0.15, 0.2) is 0 Å². The van der Waals surface area contributed by atoms with Crippen molar-refractivity contribution in [1.82, 2.24) is 10.2 Å². The Hall–Kier alpha value is -2.89. The van der Waals surface area contributed by atoms with Crippen LogP contribution in [0.4, 0.5) is 5.69 Å². The van der Waals surface area contributed by atoms with E-state index in [0.29, 0.717) is 12.2 Å².